The summed E-state index contributed by atoms with van der Waals surface area (Å²) in [5, 5.41) is 11.7. The molecule has 0 aliphatic heterocycles. The Bertz CT molecular complexity index is 634. The lowest BCUT2D eigenvalue weighted by Crippen LogP contribution is -2.24. The summed E-state index contributed by atoms with van der Waals surface area (Å²) in [5.74, 6) is -0.305. The van der Waals surface area contributed by atoms with Crippen molar-refractivity contribution in [2.75, 3.05) is 0 Å². The molecule has 0 radical (unpaired) electrons. The number of pyridine rings is 1. The molecule has 0 spiro atoms. The number of aromatic nitrogens is 1. The smallest absolute Gasteiger partial charge is 0.251 e. The molecule has 5 heteroatoms. The van der Waals surface area contributed by atoms with Crippen molar-refractivity contribution in [3.63, 3.8) is 0 Å². The third-order valence-corrected chi connectivity index (χ3v) is 2.66. The number of aliphatic hydroxyl groups excluding tert-OH is 1. The second-order valence-electron chi connectivity index (χ2n) is 4.10. The van der Waals surface area contributed by atoms with Gasteiger partial charge in [0.15, 0.2) is 0 Å². The molecule has 0 fully saturated rings. The Morgan fingerprint density at radius 1 is 1.21 bits per heavy atom. The van der Waals surface area contributed by atoms with Crippen molar-refractivity contribution in [1.82, 2.24) is 10.3 Å². The van der Waals surface area contributed by atoms with Crippen molar-refractivity contribution in [1.29, 1.82) is 0 Å². The molecule has 1 heterocycles. The molecule has 0 saturated carbocycles. The second-order valence-corrected chi connectivity index (χ2v) is 4.10. The lowest BCUT2D eigenvalue weighted by molar-refractivity contribution is 0.0950. The summed E-state index contributed by atoms with van der Waals surface area (Å²) < 4.78 is 0. The molecule has 1 aromatic heterocycles. The van der Waals surface area contributed by atoms with Crippen molar-refractivity contribution in [3.05, 3.63) is 69.6 Å². The van der Waals surface area contributed by atoms with Gasteiger partial charge in [0.2, 0.25) is 5.56 Å². The number of amides is 1. The maximum absolute atomic E-state index is 11.8. The van der Waals surface area contributed by atoms with Gasteiger partial charge in [0, 0.05) is 24.4 Å². The van der Waals surface area contributed by atoms with Crippen molar-refractivity contribution in [3.8, 4) is 0 Å². The van der Waals surface area contributed by atoms with E-state index in [1.54, 1.807) is 6.07 Å². The van der Waals surface area contributed by atoms with E-state index in [1.807, 2.05) is 24.3 Å². The Morgan fingerprint density at radius 2 is 2.00 bits per heavy atom. The van der Waals surface area contributed by atoms with Crippen LogP contribution in [-0.4, -0.2) is 16.0 Å². The third-order valence-electron chi connectivity index (χ3n) is 2.66. The van der Waals surface area contributed by atoms with Crippen LogP contribution >= 0.6 is 0 Å². The molecule has 0 aliphatic carbocycles. The van der Waals surface area contributed by atoms with Gasteiger partial charge in [-0.05, 0) is 17.2 Å². The van der Waals surface area contributed by atoms with E-state index in [-0.39, 0.29) is 18.1 Å². The zero-order valence-electron chi connectivity index (χ0n) is 10.2. The Balaban J connectivity index is 2.02. The van der Waals surface area contributed by atoms with Gasteiger partial charge in [0.1, 0.15) is 0 Å². The number of carbonyl (C=O) groups is 1. The molecule has 2 rings (SSSR count). The third kappa shape index (κ3) is 3.53. The Morgan fingerprint density at radius 3 is 2.74 bits per heavy atom. The van der Waals surface area contributed by atoms with Gasteiger partial charge < -0.3 is 15.4 Å². The first kappa shape index (κ1) is 13.0. The van der Waals surface area contributed by atoms with Crippen molar-refractivity contribution < 1.29 is 9.90 Å². The fourth-order valence-corrected chi connectivity index (χ4v) is 1.71. The van der Waals surface area contributed by atoms with Crippen LogP contribution in [0.4, 0.5) is 0 Å². The Hall–Kier alpha value is -2.40. The van der Waals surface area contributed by atoms with E-state index in [4.69, 9.17) is 5.11 Å². The number of aromatic amines is 1. The minimum atomic E-state index is -0.310. The van der Waals surface area contributed by atoms with Crippen LogP contribution in [0.3, 0.4) is 0 Å². The van der Waals surface area contributed by atoms with Gasteiger partial charge in [0.25, 0.3) is 5.91 Å². The van der Waals surface area contributed by atoms with E-state index in [1.165, 1.54) is 12.3 Å². The summed E-state index contributed by atoms with van der Waals surface area (Å²) >= 11 is 0. The first-order valence-electron chi connectivity index (χ1n) is 5.84. The zero-order valence-corrected chi connectivity index (χ0v) is 10.2. The summed E-state index contributed by atoms with van der Waals surface area (Å²) in [6.07, 6.45) is 1.43. The largest absolute Gasteiger partial charge is 0.392 e. The van der Waals surface area contributed by atoms with E-state index in [9.17, 15) is 9.59 Å². The molecule has 3 N–H and O–H groups in total. The highest BCUT2D eigenvalue weighted by Gasteiger charge is 2.05. The molecule has 98 valence electrons. The van der Waals surface area contributed by atoms with E-state index in [0.29, 0.717) is 12.1 Å². The second kappa shape index (κ2) is 5.97. The molecule has 19 heavy (non-hydrogen) atoms. The normalized spacial score (nSPS) is 10.2. The summed E-state index contributed by atoms with van der Waals surface area (Å²) in [6, 6.07) is 10.1. The summed E-state index contributed by atoms with van der Waals surface area (Å²) in [6.45, 7) is 0.315. The van der Waals surface area contributed by atoms with Crippen LogP contribution in [0.5, 0.6) is 0 Å². The first-order chi connectivity index (χ1) is 9.19. The standard InChI is InChI=1S/C14H14N2O3/c17-9-11-3-1-2-10(6-11)8-16-14(19)12-4-5-15-13(18)7-12/h1-7,17H,8-9H2,(H,15,18)(H,16,19). The van der Waals surface area contributed by atoms with Gasteiger partial charge in [-0.25, -0.2) is 0 Å². The van der Waals surface area contributed by atoms with Crippen LogP contribution in [-0.2, 0) is 13.2 Å². The van der Waals surface area contributed by atoms with Crippen molar-refractivity contribution >= 4 is 5.91 Å². The highest BCUT2D eigenvalue weighted by Crippen LogP contribution is 2.05. The highest BCUT2D eigenvalue weighted by molar-refractivity contribution is 5.93. The van der Waals surface area contributed by atoms with Crippen molar-refractivity contribution in [2.24, 2.45) is 0 Å². The van der Waals surface area contributed by atoms with Gasteiger partial charge in [-0.1, -0.05) is 24.3 Å². The Kier molecular flexibility index (Phi) is 4.10. The molecule has 2 aromatic rings. The topological polar surface area (TPSA) is 82.2 Å². The van der Waals surface area contributed by atoms with Crippen LogP contribution in [0.25, 0.3) is 0 Å². The highest BCUT2D eigenvalue weighted by atomic mass is 16.3. The van der Waals surface area contributed by atoms with Crippen LogP contribution < -0.4 is 10.9 Å². The minimum Gasteiger partial charge on any atom is -0.392 e. The first-order valence-corrected chi connectivity index (χ1v) is 5.84. The summed E-state index contributed by atoms with van der Waals surface area (Å²) in [5.41, 5.74) is 1.70. The van der Waals surface area contributed by atoms with E-state index < -0.39 is 0 Å². The zero-order chi connectivity index (χ0) is 13.7. The number of hydrogen-bond donors (Lipinski definition) is 3. The quantitative estimate of drug-likeness (QED) is 0.758. The molecule has 1 aromatic carbocycles. The van der Waals surface area contributed by atoms with Crippen LogP contribution in [0.2, 0.25) is 0 Å². The molecule has 5 nitrogen and oxygen atoms in total. The molecule has 0 bridgehead atoms. The van der Waals surface area contributed by atoms with Gasteiger partial charge >= 0.3 is 0 Å². The van der Waals surface area contributed by atoms with Gasteiger partial charge in [-0.3, -0.25) is 9.59 Å². The maximum Gasteiger partial charge on any atom is 0.251 e. The van der Waals surface area contributed by atoms with Gasteiger partial charge in [0.05, 0.1) is 6.61 Å². The van der Waals surface area contributed by atoms with Crippen molar-refractivity contribution in [2.45, 2.75) is 13.2 Å². The Labute approximate surface area is 109 Å². The molecule has 0 unspecified atom stereocenters. The van der Waals surface area contributed by atoms with E-state index in [0.717, 1.165) is 11.1 Å². The van der Waals surface area contributed by atoms with Crippen LogP contribution in [0.1, 0.15) is 21.5 Å². The van der Waals surface area contributed by atoms with Gasteiger partial charge in [-0.15, -0.1) is 0 Å². The lowest BCUT2D eigenvalue weighted by atomic mass is 10.1. The number of rotatable bonds is 4. The van der Waals surface area contributed by atoms with E-state index in [2.05, 4.69) is 10.3 Å². The maximum atomic E-state index is 11.8. The summed E-state index contributed by atoms with van der Waals surface area (Å²) in [7, 11) is 0. The molecular weight excluding hydrogens is 244 g/mol. The molecular formula is C14H14N2O3. The molecule has 0 atom stereocenters. The van der Waals surface area contributed by atoms with E-state index >= 15 is 0 Å². The number of H-pyrrole nitrogens is 1. The molecule has 0 aliphatic rings. The average molecular weight is 258 g/mol. The molecule has 0 saturated heterocycles. The number of carbonyl (C=O) groups excluding carboxylic acids is 1. The molecule has 1 amide bonds. The van der Waals surface area contributed by atoms with Crippen LogP contribution in [0.15, 0.2) is 47.4 Å². The number of hydrogen-bond acceptors (Lipinski definition) is 3. The SMILES string of the molecule is O=C(NCc1cccc(CO)c1)c1cc[nH]c(=O)c1. The number of nitrogens with one attached hydrogen (secondary N) is 2. The monoisotopic (exact) mass is 258 g/mol. The lowest BCUT2D eigenvalue weighted by Gasteiger charge is -2.06. The number of aliphatic hydroxyl groups is 1. The fraction of sp³-hybridized carbons (Fsp3) is 0.143. The average Bonchev–Trinajstić information content (AvgIpc) is 2.45. The number of benzene rings is 1. The van der Waals surface area contributed by atoms with Crippen LogP contribution in [0, 0.1) is 0 Å². The predicted molar refractivity (Wildman–Crippen MR) is 70.6 cm³/mol. The minimum absolute atomic E-state index is 0.0319. The summed E-state index contributed by atoms with van der Waals surface area (Å²) in [4.78, 5) is 25.4. The fourth-order valence-electron chi connectivity index (χ4n) is 1.71. The predicted octanol–water partition coefficient (Wildman–Crippen LogP) is 0.797. The van der Waals surface area contributed by atoms with Gasteiger partial charge in [-0.2, -0.15) is 0 Å².